The highest BCUT2D eigenvalue weighted by molar-refractivity contribution is 7.18. The lowest BCUT2D eigenvalue weighted by Gasteiger charge is -2.23. The largest absolute Gasteiger partial charge is 0.396 e. The topological polar surface area (TPSA) is 113 Å². The van der Waals surface area contributed by atoms with Crippen LogP contribution in [0.5, 0.6) is 0 Å². The minimum Gasteiger partial charge on any atom is -0.396 e. The number of carbonyl (C=O) groups is 1. The molecule has 7 rings (SSSR count). The second kappa shape index (κ2) is 13.8. The van der Waals surface area contributed by atoms with Gasteiger partial charge >= 0.3 is 0 Å². The van der Waals surface area contributed by atoms with E-state index in [9.17, 15) is 9.90 Å². The minimum absolute atomic E-state index is 0.0517. The van der Waals surface area contributed by atoms with Gasteiger partial charge in [0.15, 0.2) is 0 Å². The number of aliphatic hydroxyl groups is 1. The van der Waals surface area contributed by atoms with Gasteiger partial charge in [-0.05, 0) is 94.3 Å². The first kappa shape index (κ1) is 33.0. The molecule has 2 aromatic carbocycles. The summed E-state index contributed by atoms with van der Waals surface area (Å²) in [5.74, 6) is 1.35. The van der Waals surface area contributed by atoms with Gasteiger partial charge < -0.3 is 20.1 Å². The molecule has 3 aromatic heterocycles. The van der Waals surface area contributed by atoms with Crippen LogP contribution in [0.25, 0.3) is 21.1 Å². The van der Waals surface area contributed by atoms with Crippen molar-refractivity contribution in [2.75, 3.05) is 18.1 Å². The third kappa shape index (κ3) is 7.38. The Morgan fingerprint density at radius 3 is 2.60 bits per heavy atom. The highest BCUT2D eigenvalue weighted by atomic mass is 35.5. The standard InChI is InChI=1S/C37H41ClN6O3S/c1-37(2,3)41-12-10-22(11-13-45)15-33-42-31-16-26(7-9-32(31)48-33)44(36(46)25-17-39-35(40-18-25)24-5-6-24)19-23-4-8-27-28-20-47-21-29(28)34(38)43-30(27)14-23/h4,7-9,14,16-18,22,24,41,45H,5-6,10-13,15,19-21H2,1-3H3. The van der Waals surface area contributed by atoms with Crippen LogP contribution in [0.4, 0.5) is 5.69 Å². The van der Waals surface area contributed by atoms with E-state index in [2.05, 4.69) is 41.0 Å². The zero-order valence-electron chi connectivity index (χ0n) is 27.6. The number of fused-ring (bicyclic) bond motifs is 4. The van der Waals surface area contributed by atoms with E-state index in [1.54, 1.807) is 28.6 Å². The Morgan fingerprint density at radius 2 is 1.85 bits per heavy atom. The molecule has 1 unspecified atom stereocenters. The lowest BCUT2D eigenvalue weighted by atomic mass is 9.97. The number of benzene rings is 2. The summed E-state index contributed by atoms with van der Waals surface area (Å²) < 4.78 is 6.72. The van der Waals surface area contributed by atoms with Crippen LogP contribution in [-0.2, 0) is 30.9 Å². The molecule has 0 spiro atoms. The van der Waals surface area contributed by atoms with E-state index in [0.717, 1.165) is 93.0 Å². The van der Waals surface area contributed by atoms with E-state index < -0.39 is 0 Å². The van der Waals surface area contributed by atoms with Gasteiger partial charge in [0, 0.05) is 53.5 Å². The van der Waals surface area contributed by atoms with E-state index in [4.69, 9.17) is 21.3 Å². The molecule has 2 N–H and O–H groups in total. The number of aliphatic hydroxyl groups excluding tert-OH is 1. The molecule has 4 heterocycles. The Balaban J connectivity index is 1.18. The van der Waals surface area contributed by atoms with Crippen molar-refractivity contribution < 1.29 is 14.6 Å². The Hall–Kier alpha value is -3.54. The summed E-state index contributed by atoms with van der Waals surface area (Å²) in [5.41, 5.74) is 5.80. The number of thiazole rings is 1. The van der Waals surface area contributed by atoms with E-state index in [1.807, 2.05) is 36.4 Å². The number of rotatable bonds is 12. The van der Waals surface area contributed by atoms with Crippen LogP contribution in [0.15, 0.2) is 48.8 Å². The number of halogens is 1. The zero-order valence-corrected chi connectivity index (χ0v) is 29.2. The van der Waals surface area contributed by atoms with E-state index in [-0.39, 0.29) is 18.1 Å². The number of aromatic nitrogens is 4. The van der Waals surface area contributed by atoms with Gasteiger partial charge in [-0.3, -0.25) is 4.79 Å². The lowest BCUT2D eigenvalue weighted by molar-refractivity contribution is 0.0984. The number of anilines is 1. The van der Waals surface area contributed by atoms with Gasteiger partial charge in [0.25, 0.3) is 5.91 Å². The summed E-state index contributed by atoms with van der Waals surface area (Å²) >= 11 is 8.21. The molecular weight excluding hydrogens is 644 g/mol. The zero-order chi connectivity index (χ0) is 33.4. The lowest BCUT2D eigenvalue weighted by Crippen LogP contribution is -2.37. The molecule has 11 heteroatoms. The van der Waals surface area contributed by atoms with Crippen LogP contribution in [0.3, 0.4) is 0 Å². The molecule has 0 bridgehead atoms. The summed E-state index contributed by atoms with van der Waals surface area (Å²) in [5, 5.41) is 15.8. The molecule has 1 saturated carbocycles. The average molecular weight is 685 g/mol. The molecule has 1 amide bonds. The predicted octanol–water partition coefficient (Wildman–Crippen LogP) is 7.36. The van der Waals surface area contributed by atoms with Crippen LogP contribution < -0.4 is 10.2 Å². The first-order valence-electron chi connectivity index (χ1n) is 16.7. The summed E-state index contributed by atoms with van der Waals surface area (Å²) in [6.45, 7) is 8.83. The molecule has 1 fully saturated rings. The van der Waals surface area contributed by atoms with Crippen LogP contribution in [0, 0.1) is 5.92 Å². The number of ether oxygens (including phenoxy) is 1. The molecule has 5 aromatic rings. The Bertz CT molecular complexity index is 1950. The molecule has 250 valence electrons. The van der Waals surface area contributed by atoms with Gasteiger partial charge in [-0.1, -0.05) is 23.7 Å². The smallest absolute Gasteiger partial charge is 0.261 e. The first-order chi connectivity index (χ1) is 23.1. The Morgan fingerprint density at radius 1 is 1.06 bits per heavy atom. The third-order valence-corrected chi connectivity index (χ3v) is 10.5. The van der Waals surface area contributed by atoms with Gasteiger partial charge in [-0.25, -0.2) is 19.9 Å². The van der Waals surface area contributed by atoms with E-state index >= 15 is 0 Å². The molecule has 0 radical (unpaired) electrons. The maximum absolute atomic E-state index is 14.2. The Labute approximate surface area is 289 Å². The average Bonchev–Trinajstić information content (AvgIpc) is 3.64. The van der Waals surface area contributed by atoms with Crippen molar-refractivity contribution in [3.63, 3.8) is 0 Å². The fraction of sp³-hybridized carbons (Fsp3) is 0.432. The summed E-state index contributed by atoms with van der Waals surface area (Å²) in [6.07, 6.45) is 7.99. The molecule has 48 heavy (non-hydrogen) atoms. The Kier molecular flexibility index (Phi) is 9.45. The second-order valence-electron chi connectivity index (χ2n) is 14.0. The number of carbonyl (C=O) groups excluding carboxylic acids is 1. The minimum atomic E-state index is -0.185. The number of nitrogens with one attached hydrogen (secondary N) is 1. The van der Waals surface area contributed by atoms with Crippen LogP contribution >= 0.6 is 22.9 Å². The van der Waals surface area contributed by atoms with Gasteiger partial charge in [0.2, 0.25) is 0 Å². The second-order valence-corrected chi connectivity index (χ2v) is 15.5. The molecular formula is C37H41ClN6O3S. The monoisotopic (exact) mass is 684 g/mol. The van der Waals surface area contributed by atoms with Crippen LogP contribution in [-0.4, -0.2) is 49.6 Å². The number of hydrogen-bond donors (Lipinski definition) is 2. The summed E-state index contributed by atoms with van der Waals surface area (Å²) in [6, 6.07) is 12.1. The number of hydrogen-bond acceptors (Lipinski definition) is 9. The van der Waals surface area contributed by atoms with Gasteiger partial charge in [-0.15, -0.1) is 11.3 Å². The predicted molar refractivity (Wildman–Crippen MR) is 191 cm³/mol. The van der Waals surface area contributed by atoms with E-state index in [1.165, 1.54) is 0 Å². The number of amides is 1. The molecule has 9 nitrogen and oxygen atoms in total. The normalized spacial score (nSPS) is 15.3. The number of nitrogens with zero attached hydrogens (tertiary/aromatic N) is 5. The highest BCUT2D eigenvalue weighted by Crippen LogP contribution is 2.38. The van der Waals surface area contributed by atoms with Crippen LogP contribution in [0.2, 0.25) is 5.15 Å². The van der Waals surface area contributed by atoms with E-state index in [0.29, 0.717) is 42.3 Å². The quantitative estimate of drug-likeness (QED) is 0.131. The first-order valence-corrected chi connectivity index (χ1v) is 17.9. The third-order valence-electron chi connectivity index (χ3n) is 9.09. The summed E-state index contributed by atoms with van der Waals surface area (Å²) in [7, 11) is 0. The van der Waals surface area contributed by atoms with Crippen molar-refractivity contribution >= 4 is 55.7 Å². The van der Waals surface area contributed by atoms with Gasteiger partial charge in [-0.2, -0.15) is 0 Å². The van der Waals surface area contributed by atoms with Crippen molar-refractivity contribution in [2.24, 2.45) is 5.92 Å². The molecule has 1 aliphatic carbocycles. The molecule has 1 atom stereocenters. The van der Waals surface area contributed by atoms with Gasteiger partial charge in [0.1, 0.15) is 11.0 Å². The van der Waals surface area contributed by atoms with Crippen molar-refractivity contribution in [3.05, 3.63) is 87.0 Å². The molecule has 0 saturated heterocycles. The van der Waals surface area contributed by atoms with Crippen molar-refractivity contribution in [2.45, 2.75) is 84.1 Å². The van der Waals surface area contributed by atoms with Gasteiger partial charge in [0.05, 0.1) is 46.1 Å². The van der Waals surface area contributed by atoms with Crippen molar-refractivity contribution in [1.29, 1.82) is 0 Å². The SMILES string of the molecule is CC(C)(C)NCCC(CCO)Cc1nc2cc(N(Cc3ccc4c5c(c(Cl)nc4c3)COC5)C(=O)c3cnc(C4CC4)nc3)ccc2s1. The molecule has 2 aliphatic rings. The van der Waals surface area contributed by atoms with Crippen LogP contribution in [0.1, 0.15) is 90.3 Å². The molecule has 1 aliphatic heterocycles. The van der Waals surface area contributed by atoms with Crippen molar-refractivity contribution in [1.82, 2.24) is 25.3 Å². The maximum Gasteiger partial charge on any atom is 0.261 e. The fourth-order valence-corrected chi connectivity index (χ4v) is 7.64. The highest BCUT2D eigenvalue weighted by Gasteiger charge is 2.28. The maximum atomic E-state index is 14.2. The van der Waals surface area contributed by atoms with Crippen molar-refractivity contribution in [3.8, 4) is 0 Å². The summed E-state index contributed by atoms with van der Waals surface area (Å²) in [4.78, 5) is 34.7. The fourth-order valence-electron chi connectivity index (χ4n) is 6.32. The number of pyridine rings is 1.